The first kappa shape index (κ1) is 14.0. The van der Waals surface area contributed by atoms with E-state index in [4.69, 9.17) is 5.11 Å². The summed E-state index contributed by atoms with van der Waals surface area (Å²) in [5.74, 6) is -1.99. The molecule has 2 rings (SSSR count). The standard InChI is InChI=1S/C13H14N2O5/c16-12(8-3-1-4-9(7-8)15(19)20)14-11-6-2-5-10(11)13(17)18/h1,3-4,7,10-11H,2,5-6H2,(H,14,16)(H,17,18). The summed E-state index contributed by atoms with van der Waals surface area (Å²) in [6.45, 7) is 0. The summed E-state index contributed by atoms with van der Waals surface area (Å²) in [7, 11) is 0. The maximum atomic E-state index is 12.0. The summed E-state index contributed by atoms with van der Waals surface area (Å²) in [5, 5.41) is 22.4. The minimum atomic E-state index is -0.924. The van der Waals surface area contributed by atoms with Crippen LogP contribution < -0.4 is 5.32 Å². The zero-order chi connectivity index (χ0) is 14.7. The maximum Gasteiger partial charge on any atom is 0.308 e. The van der Waals surface area contributed by atoms with Gasteiger partial charge in [0.05, 0.1) is 10.8 Å². The number of hydrogen-bond donors (Lipinski definition) is 2. The van der Waals surface area contributed by atoms with Crippen LogP contribution in [-0.2, 0) is 4.79 Å². The SMILES string of the molecule is O=C(NC1CCCC1C(=O)O)c1cccc([N+](=O)[O-])c1. The molecule has 0 radical (unpaired) electrons. The van der Waals surface area contributed by atoms with Crippen molar-refractivity contribution in [1.29, 1.82) is 0 Å². The number of carbonyl (C=O) groups is 2. The first-order chi connectivity index (χ1) is 9.49. The Balaban J connectivity index is 2.10. The molecule has 0 spiro atoms. The molecule has 106 valence electrons. The van der Waals surface area contributed by atoms with Crippen LogP contribution in [0.25, 0.3) is 0 Å². The lowest BCUT2D eigenvalue weighted by Crippen LogP contribution is -2.40. The Kier molecular flexibility index (Phi) is 3.97. The van der Waals surface area contributed by atoms with Crippen molar-refractivity contribution in [3.05, 3.63) is 39.9 Å². The predicted molar refractivity (Wildman–Crippen MR) is 69.3 cm³/mol. The summed E-state index contributed by atoms with van der Waals surface area (Å²) in [6, 6.07) is 4.95. The number of carboxylic acid groups (broad SMARTS) is 1. The summed E-state index contributed by atoms with van der Waals surface area (Å²) in [4.78, 5) is 33.1. The number of non-ortho nitro benzene ring substituents is 1. The average Bonchev–Trinajstić information content (AvgIpc) is 2.87. The van der Waals surface area contributed by atoms with Gasteiger partial charge in [0.1, 0.15) is 0 Å². The fraction of sp³-hybridized carbons (Fsp3) is 0.385. The molecule has 7 nitrogen and oxygen atoms in total. The van der Waals surface area contributed by atoms with E-state index in [2.05, 4.69) is 5.32 Å². The Morgan fingerprint density at radius 3 is 2.75 bits per heavy atom. The van der Waals surface area contributed by atoms with E-state index in [1.807, 2.05) is 0 Å². The highest BCUT2D eigenvalue weighted by Gasteiger charge is 2.34. The Morgan fingerprint density at radius 1 is 1.35 bits per heavy atom. The third kappa shape index (κ3) is 2.93. The van der Waals surface area contributed by atoms with Gasteiger partial charge in [-0.2, -0.15) is 0 Å². The Morgan fingerprint density at radius 2 is 2.10 bits per heavy atom. The Hall–Kier alpha value is -2.44. The second kappa shape index (κ2) is 5.68. The molecule has 1 amide bonds. The van der Waals surface area contributed by atoms with Gasteiger partial charge >= 0.3 is 5.97 Å². The van der Waals surface area contributed by atoms with E-state index < -0.39 is 28.8 Å². The van der Waals surface area contributed by atoms with Crippen LogP contribution in [0.15, 0.2) is 24.3 Å². The monoisotopic (exact) mass is 278 g/mol. The molecular weight excluding hydrogens is 264 g/mol. The fourth-order valence-corrected chi connectivity index (χ4v) is 2.44. The third-order valence-electron chi connectivity index (χ3n) is 3.47. The molecule has 0 heterocycles. The molecule has 7 heteroatoms. The molecule has 20 heavy (non-hydrogen) atoms. The van der Waals surface area contributed by atoms with Crippen molar-refractivity contribution in [2.24, 2.45) is 5.92 Å². The van der Waals surface area contributed by atoms with Gasteiger partial charge in [-0.25, -0.2) is 0 Å². The van der Waals surface area contributed by atoms with Crippen LogP contribution in [0, 0.1) is 16.0 Å². The fourth-order valence-electron chi connectivity index (χ4n) is 2.44. The van der Waals surface area contributed by atoms with Gasteiger partial charge in [0.15, 0.2) is 0 Å². The van der Waals surface area contributed by atoms with Crippen molar-refractivity contribution in [2.45, 2.75) is 25.3 Å². The summed E-state index contributed by atoms with van der Waals surface area (Å²) in [5.41, 5.74) is -0.00547. The highest BCUT2D eigenvalue weighted by Crippen LogP contribution is 2.26. The van der Waals surface area contributed by atoms with Crippen molar-refractivity contribution in [1.82, 2.24) is 5.32 Å². The number of benzene rings is 1. The zero-order valence-corrected chi connectivity index (χ0v) is 10.6. The number of nitro groups is 1. The molecule has 0 bridgehead atoms. The molecular formula is C13H14N2O5. The highest BCUT2D eigenvalue weighted by molar-refractivity contribution is 5.95. The van der Waals surface area contributed by atoms with Crippen molar-refractivity contribution >= 4 is 17.6 Å². The molecule has 0 saturated heterocycles. The van der Waals surface area contributed by atoms with Crippen molar-refractivity contribution in [3.8, 4) is 0 Å². The van der Waals surface area contributed by atoms with E-state index in [-0.39, 0.29) is 11.3 Å². The van der Waals surface area contributed by atoms with Crippen LogP contribution in [-0.4, -0.2) is 27.9 Å². The number of nitrogens with zero attached hydrogens (tertiary/aromatic N) is 1. The topological polar surface area (TPSA) is 110 Å². The number of carbonyl (C=O) groups excluding carboxylic acids is 1. The normalized spacial score (nSPS) is 21.4. The molecule has 1 saturated carbocycles. The Bertz CT molecular complexity index is 557. The minimum Gasteiger partial charge on any atom is -0.481 e. The largest absolute Gasteiger partial charge is 0.481 e. The lowest BCUT2D eigenvalue weighted by molar-refractivity contribution is -0.384. The van der Waals surface area contributed by atoms with Crippen molar-refractivity contribution in [3.63, 3.8) is 0 Å². The van der Waals surface area contributed by atoms with Gasteiger partial charge < -0.3 is 10.4 Å². The van der Waals surface area contributed by atoms with Crippen LogP contribution >= 0.6 is 0 Å². The number of amides is 1. The van der Waals surface area contributed by atoms with Crippen molar-refractivity contribution in [2.75, 3.05) is 0 Å². The first-order valence-corrected chi connectivity index (χ1v) is 6.27. The Labute approximate surface area is 114 Å². The predicted octanol–water partition coefficient (Wildman–Crippen LogP) is 1.58. The van der Waals surface area contributed by atoms with Crippen molar-refractivity contribution < 1.29 is 19.6 Å². The lowest BCUT2D eigenvalue weighted by Gasteiger charge is -2.17. The molecule has 1 aliphatic carbocycles. The van der Waals surface area contributed by atoms with E-state index in [1.165, 1.54) is 24.3 Å². The number of carboxylic acids is 1. The molecule has 1 aromatic carbocycles. The average molecular weight is 278 g/mol. The van der Waals surface area contributed by atoms with Gasteiger partial charge in [-0.3, -0.25) is 19.7 Å². The number of rotatable bonds is 4. The number of aliphatic carboxylic acids is 1. The second-order valence-corrected chi connectivity index (χ2v) is 4.76. The van der Waals surface area contributed by atoms with Crippen LogP contribution in [0.1, 0.15) is 29.6 Å². The molecule has 1 aliphatic rings. The van der Waals surface area contributed by atoms with Gasteiger partial charge in [-0.1, -0.05) is 12.5 Å². The van der Waals surface area contributed by atoms with Gasteiger partial charge in [-0.15, -0.1) is 0 Å². The second-order valence-electron chi connectivity index (χ2n) is 4.76. The third-order valence-corrected chi connectivity index (χ3v) is 3.47. The van der Waals surface area contributed by atoms with E-state index in [0.29, 0.717) is 12.8 Å². The molecule has 1 fully saturated rings. The van der Waals surface area contributed by atoms with E-state index in [9.17, 15) is 19.7 Å². The summed E-state index contributed by atoms with van der Waals surface area (Å²) >= 11 is 0. The number of nitrogens with one attached hydrogen (secondary N) is 1. The molecule has 0 aromatic heterocycles. The number of hydrogen-bond acceptors (Lipinski definition) is 4. The van der Waals surface area contributed by atoms with Crippen LogP contribution in [0.5, 0.6) is 0 Å². The van der Waals surface area contributed by atoms with E-state index in [1.54, 1.807) is 0 Å². The highest BCUT2D eigenvalue weighted by atomic mass is 16.6. The first-order valence-electron chi connectivity index (χ1n) is 6.27. The van der Waals surface area contributed by atoms with Gasteiger partial charge in [0, 0.05) is 23.7 Å². The van der Waals surface area contributed by atoms with E-state index in [0.717, 1.165) is 6.42 Å². The minimum absolute atomic E-state index is 0.162. The van der Waals surface area contributed by atoms with Crippen LogP contribution in [0.3, 0.4) is 0 Å². The van der Waals surface area contributed by atoms with Gasteiger partial charge in [-0.05, 0) is 18.9 Å². The maximum absolute atomic E-state index is 12.0. The smallest absolute Gasteiger partial charge is 0.308 e. The molecule has 2 N–H and O–H groups in total. The summed E-state index contributed by atoms with van der Waals surface area (Å²) < 4.78 is 0. The van der Waals surface area contributed by atoms with E-state index >= 15 is 0 Å². The summed E-state index contributed by atoms with van der Waals surface area (Å²) in [6.07, 6.45) is 1.89. The lowest BCUT2D eigenvalue weighted by atomic mass is 10.0. The van der Waals surface area contributed by atoms with Gasteiger partial charge in [0.2, 0.25) is 0 Å². The van der Waals surface area contributed by atoms with Crippen LogP contribution in [0.4, 0.5) is 5.69 Å². The molecule has 1 aromatic rings. The van der Waals surface area contributed by atoms with Crippen LogP contribution in [0.2, 0.25) is 0 Å². The zero-order valence-electron chi connectivity index (χ0n) is 10.6. The molecule has 0 aliphatic heterocycles. The molecule has 2 atom stereocenters. The van der Waals surface area contributed by atoms with Gasteiger partial charge in [0.25, 0.3) is 11.6 Å². The quantitative estimate of drug-likeness (QED) is 0.641. The molecule has 2 unspecified atom stereocenters. The number of nitro benzene ring substituents is 1.